The molecule has 152 valence electrons. The van der Waals surface area contributed by atoms with Crippen LogP contribution in [0.4, 0.5) is 11.5 Å². The second-order valence-corrected chi connectivity index (χ2v) is 7.49. The Bertz CT molecular complexity index is 1350. The summed E-state index contributed by atoms with van der Waals surface area (Å²) in [5.74, 6) is 1.58. The molecule has 0 spiro atoms. The molecule has 0 aliphatic heterocycles. The summed E-state index contributed by atoms with van der Waals surface area (Å²) in [5, 5.41) is 8.78. The smallest absolute Gasteiger partial charge is 0.165 e. The number of ether oxygens (including phenoxy) is 1. The van der Waals surface area contributed by atoms with Crippen molar-refractivity contribution in [1.29, 1.82) is 0 Å². The van der Waals surface area contributed by atoms with E-state index in [2.05, 4.69) is 10.4 Å². The lowest BCUT2D eigenvalue weighted by Crippen LogP contribution is -2.03. The maximum atomic E-state index is 6.08. The van der Waals surface area contributed by atoms with E-state index in [0.717, 1.165) is 45.3 Å². The van der Waals surface area contributed by atoms with Crippen molar-refractivity contribution in [3.8, 4) is 28.1 Å². The van der Waals surface area contributed by atoms with Crippen LogP contribution in [-0.2, 0) is 0 Å². The van der Waals surface area contributed by atoms with Gasteiger partial charge in [-0.25, -0.2) is 4.98 Å². The molecule has 5 nitrogen and oxygen atoms in total. The number of aromatic nitrogens is 3. The monoisotopic (exact) mass is 426 g/mol. The van der Waals surface area contributed by atoms with Crippen molar-refractivity contribution in [2.24, 2.45) is 0 Å². The molecular formula is C25H19ClN4O. The highest BCUT2D eigenvalue weighted by molar-refractivity contribution is 6.30. The fourth-order valence-corrected chi connectivity index (χ4v) is 3.62. The number of rotatable bonds is 5. The van der Waals surface area contributed by atoms with Gasteiger partial charge in [0.05, 0.1) is 19.0 Å². The zero-order chi connectivity index (χ0) is 21.2. The Labute approximate surface area is 184 Å². The van der Waals surface area contributed by atoms with E-state index in [4.69, 9.17) is 21.3 Å². The van der Waals surface area contributed by atoms with Crippen LogP contribution < -0.4 is 10.1 Å². The minimum atomic E-state index is 0.693. The van der Waals surface area contributed by atoms with E-state index in [1.807, 2.05) is 95.6 Å². The number of benzene rings is 3. The molecule has 0 radical (unpaired) electrons. The van der Waals surface area contributed by atoms with Crippen molar-refractivity contribution in [1.82, 2.24) is 14.6 Å². The van der Waals surface area contributed by atoms with Gasteiger partial charge >= 0.3 is 0 Å². The molecule has 3 aromatic carbocycles. The van der Waals surface area contributed by atoms with Crippen LogP contribution in [0.3, 0.4) is 0 Å². The third-order valence-electron chi connectivity index (χ3n) is 5.04. The fourth-order valence-electron chi connectivity index (χ4n) is 3.49. The average Bonchev–Trinajstić information content (AvgIpc) is 3.25. The van der Waals surface area contributed by atoms with Gasteiger partial charge in [0.2, 0.25) is 0 Å². The molecule has 0 unspecified atom stereocenters. The maximum absolute atomic E-state index is 6.08. The molecule has 2 aromatic heterocycles. The van der Waals surface area contributed by atoms with Gasteiger partial charge in [0, 0.05) is 34.0 Å². The first-order chi connectivity index (χ1) is 15.2. The SMILES string of the molecule is COc1cccc(Nc2cc(-c3ccccc3)nc3c(-c4ccc(Cl)cc4)cnn23)c1. The summed E-state index contributed by atoms with van der Waals surface area (Å²) < 4.78 is 7.17. The van der Waals surface area contributed by atoms with Crippen LogP contribution in [0.5, 0.6) is 5.75 Å². The predicted octanol–water partition coefficient (Wildman–Crippen LogP) is 6.47. The van der Waals surface area contributed by atoms with Crippen LogP contribution in [0, 0.1) is 0 Å². The van der Waals surface area contributed by atoms with Crippen LogP contribution in [-0.4, -0.2) is 21.7 Å². The molecule has 5 rings (SSSR count). The Balaban J connectivity index is 1.69. The Kier molecular flexibility index (Phi) is 5.02. The normalized spacial score (nSPS) is 10.9. The van der Waals surface area contributed by atoms with Gasteiger partial charge in [0.1, 0.15) is 11.6 Å². The molecule has 5 aromatic rings. The topological polar surface area (TPSA) is 51.5 Å². The van der Waals surface area contributed by atoms with E-state index in [1.165, 1.54) is 0 Å². The lowest BCUT2D eigenvalue weighted by molar-refractivity contribution is 0.415. The van der Waals surface area contributed by atoms with Crippen molar-refractivity contribution in [2.75, 3.05) is 12.4 Å². The van der Waals surface area contributed by atoms with E-state index < -0.39 is 0 Å². The number of fused-ring (bicyclic) bond motifs is 1. The number of methoxy groups -OCH3 is 1. The van der Waals surface area contributed by atoms with Gasteiger partial charge in [-0.15, -0.1) is 0 Å². The predicted molar refractivity (Wildman–Crippen MR) is 125 cm³/mol. The molecule has 0 fully saturated rings. The third-order valence-corrected chi connectivity index (χ3v) is 5.29. The quantitative estimate of drug-likeness (QED) is 0.350. The van der Waals surface area contributed by atoms with E-state index in [9.17, 15) is 0 Å². The van der Waals surface area contributed by atoms with Gasteiger partial charge < -0.3 is 10.1 Å². The molecule has 0 saturated heterocycles. The second kappa shape index (κ2) is 8.13. The Hall–Kier alpha value is -3.83. The van der Waals surface area contributed by atoms with Crippen molar-refractivity contribution < 1.29 is 4.74 Å². The molecule has 1 N–H and O–H groups in total. The van der Waals surface area contributed by atoms with E-state index in [0.29, 0.717) is 5.02 Å². The number of hydrogen-bond acceptors (Lipinski definition) is 4. The van der Waals surface area contributed by atoms with Crippen LogP contribution in [0.2, 0.25) is 5.02 Å². The molecule has 0 saturated carbocycles. The summed E-state index contributed by atoms with van der Waals surface area (Å²) in [4.78, 5) is 4.94. The van der Waals surface area contributed by atoms with E-state index in [-0.39, 0.29) is 0 Å². The summed E-state index contributed by atoms with van der Waals surface area (Å²) >= 11 is 6.08. The first kappa shape index (κ1) is 19.2. The molecule has 31 heavy (non-hydrogen) atoms. The molecule has 6 heteroatoms. The summed E-state index contributed by atoms with van der Waals surface area (Å²) in [7, 11) is 1.66. The zero-order valence-corrected chi connectivity index (χ0v) is 17.5. The minimum absolute atomic E-state index is 0.693. The average molecular weight is 427 g/mol. The summed E-state index contributed by atoms with van der Waals surface area (Å²) in [6.07, 6.45) is 1.83. The molecule has 0 atom stereocenters. The Morgan fingerprint density at radius 3 is 2.45 bits per heavy atom. The summed E-state index contributed by atoms with van der Waals surface area (Å²) in [6.45, 7) is 0. The van der Waals surface area contributed by atoms with Gasteiger partial charge in [-0.05, 0) is 29.8 Å². The van der Waals surface area contributed by atoms with Crippen LogP contribution >= 0.6 is 11.6 Å². The van der Waals surface area contributed by atoms with Crippen molar-refractivity contribution >= 4 is 28.8 Å². The first-order valence-electron chi connectivity index (χ1n) is 9.82. The number of anilines is 2. The highest BCUT2D eigenvalue weighted by Crippen LogP contribution is 2.31. The molecule has 0 aliphatic rings. The first-order valence-corrected chi connectivity index (χ1v) is 10.2. The van der Waals surface area contributed by atoms with E-state index >= 15 is 0 Å². The highest BCUT2D eigenvalue weighted by atomic mass is 35.5. The van der Waals surface area contributed by atoms with Crippen molar-refractivity contribution in [2.45, 2.75) is 0 Å². The number of halogens is 1. The van der Waals surface area contributed by atoms with Crippen LogP contribution in [0.1, 0.15) is 0 Å². The largest absolute Gasteiger partial charge is 0.497 e. The Morgan fingerprint density at radius 1 is 0.871 bits per heavy atom. The van der Waals surface area contributed by atoms with Gasteiger partial charge in [0.15, 0.2) is 5.65 Å². The van der Waals surface area contributed by atoms with Crippen molar-refractivity contribution in [3.63, 3.8) is 0 Å². The standard InChI is InChI=1S/C25H19ClN4O/c1-31-21-9-5-8-20(14-21)28-24-15-23(18-6-3-2-4-7-18)29-25-22(16-27-30(24)25)17-10-12-19(26)13-11-17/h2-16,28H,1H3. The zero-order valence-electron chi connectivity index (χ0n) is 16.8. The highest BCUT2D eigenvalue weighted by Gasteiger charge is 2.14. The lowest BCUT2D eigenvalue weighted by atomic mass is 10.1. The van der Waals surface area contributed by atoms with Crippen LogP contribution in [0.25, 0.3) is 28.0 Å². The van der Waals surface area contributed by atoms with Crippen LogP contribution in [0.15, 0.2) is 91.1 Å². The van der Waals surface area contributed by atoms with Crippen molar-refractivity contribution in [3.05, 3.63) is 96.1 Å². The summed E-state index contributed by atoms with van der Waals surface area (Å²) in [6, 6.07) is 27.6. The molecule has 2 heterocycles. The Morgan fingerprint density at radius 2 is 1.68 bits per heavy atom. The van der Waals surface area contributed by atoms with Gasteiger partial charge in [-0.1, -0.05) is 60.1 Å². The number of nitrogens with zero attached hydrogens (tertiary/aromatic N) is 3. The number of nitrogens with one attached hydrogen (secondary N) is 1. The minimum Gasteiger partial charge on any atom is -0.497 e. The lowest BCUT2D eigenvalue weighted by Gasteiger charge is -2.12. The van der Waals surface area contributed by atoms with E-state index in [1.54, 1.807) is 7.11 Å². The third kappa shape index (κ3) is 3.83. The summed E-state index contributed by atoms with van der Waals surface area (Å²) in [5.41, 5.74) is 5.48. The maximum Gasteiger partial charge on any atom is 0.165 e. The molecular weight excluding hydrogens is 408 g/mol. The van der Waals surface area contributed by atoms with Gasteiger partial charge in [-0.2, -0.15) is 9.61 Å². The van der Waals surface area contributed by atoms with Gasteiger partial charge in [0.25, 0.3) is 0 Å². The molecule has 0 amide bonds. The second-order valence-electron chi connectivity index (χ2n) is 7.05. The fraction of sp³-hybridized carbons (Fsp3) is 0.0400. The van der Waals surface area contributed by atoms with Gasteiger partial charge in [-0.3, -0.25) is 0 Å². The molecule has 0 bridgehead atoms. The molecule has 0 aliphatic carbocycles. The number of hydrogen-bond donors (Lipinski definition) is 1.